The number of quaternary nitrogens is 1. The number of carbonyl (C=O) groups excluding carboxylic acids is 3. The molecule has 1 amide bonds. The first-order chi connectivity index (χ1) is 11.4. The normalized spacial score (nSPS) is 24.6. The second-order valence-corrected chi connectivity index (χ2v) is 9.42. The predicted molar refractivity (Wildman–Crippen MR) is 105 cm³/mol. The molecule has 0 aromatic rings. The second kappa shape index (κ2) is 8.73. The molecule has 3 atom stereocenters. The Bertz CT molecular complexity index is 556. The van der Waals surface area contributed by atoms with E-state index in [0.29, 0.717) is 17.3 Å². The fraction of sp³-hybridized carbons (Fsp3) is 0.778. The van der Waals surface area contributed by atoms with Crippen LogP contribution < -0.4 is 0 Å². The zero-order chi connectivity index (χ0) is 19.4. The molecular formula is C18H30NO4S2+. The molecule has 1 saturated heterocycles. The lowest BCUT2D eigenvalue weighted by Crippen LogP contribution is -2.61. The van der Waals surface area contributed by atoms with Crippen LogP contribution in [0.2, 0.25) is 0 Å². The van der Waals surface area contributed by atoms with E-state index in [-0.39, 0.29) is 39.9 Å². The maximum absolute atomic E-state index is 13.1. The Hall–Kier alpha value is -0.790. The summed E-state index contributed by atoms with van der Waals surface area (Å²) in [6.45, 7) is 11.1. The number of ketones is 1. The fourth-order valence-corrected chi connectivity index (χ4v) is 4.55. The van der Waals surface area contributed by atoms with Gasteiger partial charge in [0.1, 0.15) is 17.4 Å². The van der Waals surface area contributed by atoms with Gasteiger partial charge in [-0.15, -0.1) is 0 Å². The van der Waals surface area contributed by atoms with E-state index in [4.69, 9.17) is 17.0 Å². The zero-order valence-electron chi connectivity index (χ0n) is 16.1. The largest absolute Gasteiger partial charge is 0.522 e. The molecule has 1 fully saturated rings. The van der Waals surface area contributed by atoms with Crippen molar-refractivity contribution in [2.75, 3.05) is 12.3 Å². The molecule has 0 aliphatic carbocycles. The third-order valence-electron chi connectivity index (χ3n) is 4.37. The van der Waals surface area contributed by atoms with Crippen LogP contribution in [0.25, 0.3) is 0 Å². The highest BCUT2D eigenvalue weighted by molar-refractivity contribution is 8.13. The van der Waals surface area contributed by atoms with E-state index in [1.807, 2.05) is 27.7 Å². The summed E-state index contributed by atoms with van der Waals surface area (Å²) in [5.74, 6) is 0.128. The van der Waals surface area contributed by atoms with Crippen molar-refractivity contribution in [1.29, 1.82) is 0 Å². The highest BCUT2D eigenvalue weighted by Gasteiger charge is 2.54. The van der Waals surface area contributed by atoms with Crippen LogP contribution in [0.5, 0.6) is 0 Å². The minimum atomic E-state index is -0.607. The summed E-state index contributed by atoms with van der Waals surface area (Å²) in [7, 11) is 0. The molecule has 1 heterocycles. The van der Waals surface area contributed by atoms with Crippen LogP contribution >= 0.6 is 24.0 Å². The van der Waals surface area contributed by atoms with Gasteiger partial charge in [-0.2, -0.15) is 9.28 Å². The molecule has 5 nitrogen and oxygen atoms in total. The summed E-state index contributed by atoms with van der Waals surface area (Å²) in [5.41, 5.74) is -0.607. The smallest absolute Gasteiger partial charge is 0.414 e. The van der Waals surface area contributed by atoms with E-state index in [0.717, 1.165) is 24.6 Å². The first-order valence-corrected chi connectivity index (χ1v) is 10.1. The number of hydrogen-bond donors (Lipinski definition) is 0. The summed E-state index contributed by atoms with van der Waals surface area (Å²) in [5, 5.41) is -0.0189. The van der Waals surface area contributed by atoms with Crippen LogP contribution in [-0.4, -0.2) is 50.4 Å². The maximum Gasteiger partial charge on any atom is 0.522 e. The lowest BCUT2D eigenvalue weighted by Gasteiger charge is -2.38. The number of ether oxygens (including phenoxy) is 1. The summed E-state index contributed by atoms with van der Waals surface area (Å²) in [6.07, 6.45) is 1.66. The molecule has 7 heteroatoms. The van der Waals surface area contributed by atoms with Gasteiger partial charge in [-0.1, -0.05) is 11.8 Å². The number of hydrogen-bond acceptors (Lipinski definition) is 6. The van der Waals surface area contributed by atoms with Gasteiger partial charge in [0.05, 0.1) is 12.5 Å². The first-order valence-electron chi connectivity index (χ1n) is 8.68. The number of likely N-dealkylation sites (tertiary alicyclic amines) is 1. The molecule has 0 aromatic heterocycles. The van der Waals surface area contributed by atoms with Gasteiger partial charge in [0.25, 0.3) is 0 Å². The minimum absolute atomic E-state index is 0.00527. The Labute approximate surface area is 160 Å². The molecule has 0 aromatic carbocycles. The molecule has 25 heavy (non-hydrogen) atoms. The van der Waals surface area contributed by atoms with E-state index >= 15 is 0 Å². The van der Waals surface area contributed by atoms with Gasteiger partial charge in [0.15, 0.2) is 10.1 Å². The number of rotatable bonds is 5. The maximum atomic E-state index is 13.1. The zero-order valence-corrected chi connectivity index (χ0v) is 17.7. The third-order valence-corrected chi connectivity index (χ3v) is 6.00. The lowest BCUT2D eigenvalue weighted by molar-refractivity contribution is -0.779. The summed E-state index contributed by atoms with van der Waals surface area (Å²) < 4.78 is 5.67. The number of carbonyl (C=O) groups is 3. The lowest BCUT2D eigenvalue weighted by atomic mass is 10.0. The molecule has 0 bridgehead atoms. The monoisotopic (exact) mass is 388 g/mol. The Kier molecular flexibility index (Phi) is 7.77. The highest BCUT2D eigenvalue weighted by Crippen LogP contribution is 2.35. The van der Waals surface area contributed by atoms with Crippen LogP contribution in [0.4, 0.5) is 4.79 Å². The van der Waals surface area contributed by atoms with Gasteiger partial charge in [-0.05, 0) is 46.8 Å². The van der Waals surface area contributed by atoms with Crippen molar-refractivity contribution in [3.8, 4) is 0 Å². The summed E-state index contributed by atoms with van der Waals surface area (Å²) >= 11 is 6.91. The summed E-state index contributed by atoms with van der Waals surface area (Å²) in [6, 6.07) is 0.0131. The fourth-order valence-electron chi connectivity index (χ4n) is 3.22. The van der Waals surface area contributed by atoms with E-state index < -0.39 is 5.60 Å². The molecule has 1 rings (SSSR count). The van der Waals surface area contributed by atoms with Crippen LogP contribution in [-0.2, 0) is 14.3 Å². The van der Waals surface area contributed by atoms with E-state index in [1.165, 1.54) is 13.8 Å². The van der Waals surface area contributed by atoms with Crippen LogP contribution in [0.3, 0.4) is 0 Å². The topological polar surface area (TPSA) is 60.4 Å². The van der Waals surface area contributed by atoms with Crippen molar-refractivity contribution in [2.24, 2.45) is 5.92 Å². The molecule has 142 valence electrons. The molecule has 0 radical (unpaired) electrons. The van der Waals surface area contributed by atoms with Gasteiger partial charge in [-0.25, -0.2) is 0 Å². The minimum Gasteiger partial charge on any atom is -0.414 e. The summed E-state index contributed by atoms with van der Waals surface area (Å²) in [4.78, 5) is 36.7. The molecule has 0 spiro atoms. The average molecular weight is 389 g/mol. The van der Waals surface area contributed by atoms with Gasteiger partial charge in [-0.3, -0.25) is 4.79 Å². The molecule has 1 aliphatic rings. The van der Waals surface area contributed by atoms with Gasteiger partial charge < -0.3 is 9.53 Å². The van der Waals surface area contributed by atoms with E-state index in [1.54, 1.807) is 0 Å². The van der Waals surface area contributed by atoms with Gasteiger partial charge in [0, 0.05) is 31.9 Å². The van der Waals surface area contributed by atoms with E-state index in [2.05, 4.69) is 0 Å². The second-order valence-electron chi connectivity index (χ2n) is 7.81. The number of thiocarbonyl (C=S) groups is 1. The molecule has 0 N–H and O–H groups in total. The number of Topliss-reactive ketones (excluding diaryl/α,β-unsaturated/α-hetero) is 1. The van der Waals surface area contributed by atoms with Crippen molar-refractivity contribution < 1.29 is 23.6 Å². The van der Waals surface area contributed by atoms with Crippen molar-refractivity contribution in [3.05, 3.63) is 0 Å². The quantitative estimate of drug-likeness (QED) is 0.521. The Morgan fingerprint density at radius 1 is 1.28 bits per heavy atom. The third kappa shape index (κ3) is 5.86. The van der Waals surface area contributed by atoms with Gasteiger partial charge in [0.2, 0.25) is 0 Å². The van der Waals surface area contributed by atoms with Gasteiger partial charge >= 0.3 is 6.09 Å². The van der Waals surface area contributed by atoms with Crippen molar-refractivity contribution in [2.45, 2.75) is 72.4 Å². The first kappa shape index (κ1) is 22.3. The van der Waals surface area contributed by atoms with E-state index in [9.17, 15) is 14.4 Å². The number of nitrogens with zero attached hydrogens (tertiary/aromatic N) is 1. The molecule has 2 unspecified atom stereocenters. The SMILES string of the molecule is CC(=O)CC(CSC(C)=O)C(=S)[N+]1(C(=O)OC(C)(C)C)CCC[C@H]1C. The van der Waals surface area contributed by atoms with Crippen molar-refractivity contribution >= 4 is 46.0 Å². The molecular weight excluding hydrogens is 358 g/mol. The highest BCUT2D eigenvalue weighted by atomic mass is 32.2. The average Bonchev–Trinajstić information content (AvgIpc) is 2.83. The predicted octanol–water partition coefficient (Wildman–Crippen LogP) is 4.12. The molecule has 1 aliphatic heterocycles. The standard InChI is InChI=1S/C18H30NO4S2/c1-12-8-7-9-19(12,17(22)23-18(4,5)6)16(24)15(10-13(2)20)11-25-14(3)21/h12,15H,7-11H2,1-6H3/q+1/t12-,15?,19?/m1/s1. The Balaban J connectivity index is 3.18. The number of thioether (sulfide) groups is 1. The van der Waals surface area contributed by atoms with Crippen LogP contribution in [0.15, 0.2) is 0 Å². The Morgan fingerprint density at radius 2 is 1.88 bits per heavy atom. The molecule has 0 saturated carbocycles. The number of amides is 1. The van der Waals surface area contributed by atoms with Crippen molar-refractivity contribution in [3.63, 3.8) is 0 Å². The van der Waals surface area contributed by atoms with Crippen LogP contribution in [0.1, 0.15) is 60.8 Å². The van der Waals surface area contributed by atoms with Crippen LogP contribution in [0, 0.1) is 5.92 Å². The Morgan fingerprint density at radius 3 is 2.28 bits per heavy atom. The van der Waals surface area contributed by atoms with Crippen molar-refractivity contribution in [1.82, 2.24) is 0 Å².